The van der Waals surface area contributed by atoms with Crippen LogP contribution in [0.3, 0.4) is 0 Å². The Labute approximate surface area is 143 Å². The van der Waals surface area contributed by atoms with Crippen LogP contribution in [0.4, 0.5) is 0 Å². The molecule has 0 bridgehead atoms. The van der Waals surface area contributed by atoms with E-state index in [9.17, 15) is 4.79 Å². The second-order valence-corrected chi connectivity index (χ2v) is 6.71. The van der Waals surface area contributed by atoms with E-state index in [4.69, 9.17) is 9.47 Å². The van der Waals surface area contributed by atoms with Crippen molar-refractivity contribution in [2.45, 2.75) is 45.8 Å². The number of esters is 1. The van der Waals surface area contributed by atoms with Crippen molar-refractivity contribution in [1.29, 1.82) is 0 Å². The summed E-state index contributed by atoms with van der Waals surface area (Å²) in [5, 5.41) is 6.34. The van der Waals surface area contributed by atoms with Crippen molar-refractivity contribution in [3.05, 3.63) is 29.8 Å². The summed E-state index contributed by atoms with van der Waals surface area (Å²) in [5.41, 5.74) is 0.724. The van der Waals surface area contributed by atoms with Crippen molar-refractivity contribution < 1.29 is 14.3 Å². The molecule has 24 heavy (non-hydrogen) atoms. The molecular formula is C18H27N3O3. The molecule has 2 N–H and O–H groups in total. The largest absolute Gasteiger partial charge is 0.488 e. The minimum absolute atomic E-state index is 0.0155. The van der Waals surface area contributed by atoms with Gasteiger partial charge in [-0.2, -0.15) is 0 Å². The molecular weight excluding hydrogens is 306 g/mol. The Morgan fingerprint density at radius 3 is 2.75 bits per heavy atom. The first-order valence-electron chi connectivity index (χ1n) is 8.36. The van der Waals surface area contributed by atoms with Gasteiger partial charge >= 0.3 is 5.97 Å². The predicted molar refractivity (Wildman–Crippen MR) is 94.4 cm³/mol. The van der Waals surface area contributed by atoms with E-state index in [2.05, 4.69) is 21.7 Å². The van der Waals surface area contributed by atoms with Crippen LogP contribution in [0.5, 0.6) is 5.75 Å². The van der Waals surface area contributed by atoms with Crippen molar-refractivity contribution in [1.82, 2.24) is 10.6 Å². The number of para-hydroxylation sites is 1. The second-order valence-electron chi connectivity index (χ2n) is 6.71. The molecule has 0 aliphatic carbocycles. The Morgan fingerprint density at radius 2 is 2.08 bits per heavy atom. The van der Waals surface area contributed by atoms with Crippen molar-refractivity contribution in [2.75, 3.05) is 19.6 Å². The van der Waals surface area contributed by atoms with Gasteiger partial charge in [-0.3, -0.25) is 4.79 Å². The number of rotatable bonds is 5. The van der Waals surface area contributed by atoms with Crippen LogP contribution in [0.1, 0.15) is 33.3 Å². The van der Waals surface area contributed by atoms with Gasteiger partial charge in [0.25, 0.3) is 0 Å². The second kappa shape index (κ2) is 8.04. The van der Waals surface area contributed by atoms with Gasteiger partial charge in [-0.15, -0.1) is 0 Å². The number of nitrogens with one attached hydrogen (secondary N) is 2. The molecule has 0 amide bonds. The molecule has 0 saturated heterocycles. The summed E-state index contributed by atoms with van der Waals surface area (Å²) >= 11 is 0. The number of hydrogen-bond donors (Lipinski definition) is 2. The highest BCUT2D eigenvalue weighted by molar-refractivity contribution is 5.83. The molecule has 132 valence electrons. The third-order valence-electron chi connectivity index (χ3n) is 3.34. The Bertz CT molecular complexity index is 568. The number of ether oxygens (including phenoxy) is 2. The standard InChI is InChI=1S/C18H27N3O3/c1-5-19-17(21-12-16(22)24-18(2,3)4)20-11-14-10-13-8-6-7-9-15(13)23-14/h6-9,14H,5,10-12H2,1-4H3,(H2,19,20,21). The number of fused-ring (bicyclic) bond motifs is 1. The van der Waals surface area contributed by atoms with E-state index in [1.807, 2.05) is 45.9 Å². The number of guanidine groups is 1. The zero-order chi connectivity index (χ0) is 17.6. The van der Waals surface area contributed by atoms with E-state index < -0.39 is 5.60 Å². The molecule has 1 aliphatic heterocycles. The van der Waals surface area contributed by atoms with Gasteiger partial charge in [0, 0.05) is 13.0 Å². The third-order valence-corrected chi connectivity index (χ3v) is 3.34. The number of benzene rings is 1. The fourth-order valence-corrected chi connectivity index (χ4v) is 2.44. The first-order valence-corrected chi connectivity index (χ1v) is 8.36. The van der Waals surface area contributed by atoms with Crippen molar-refractivity contribution in [3.8, 4) is 5.75 Å². The maximum absolute atomic E-state index is 11.8. The summed E-state index contributed by atoms with van der Waals surface area (Å²) in [4.78, 5) is 16.0. The summed E-state index contributed by atoms with van der Waals surface area (Å²) in [7, 11) is 0. The Balaban J connectivity index is 1.83. The van der Waals surface area contributed by atoms with Crippen LogP contribution in [0.15, 0.2) is 29.3 Å². The number of hydrogen-bond acceptors (Lipinski definition) is 4. The topological polar surface area (TPSA) is 72.0 Å². The Hall–Kier alpha value is -2.24. The smallest absolute Gasteiger partial charge is 0.328 e. The molecule has 1 unspecified atom stereocenters. The van der Waals surface area contributed by atoms with E-state index in [1.54, 1.807) is 0 Å². The minimum Gasteiger partial charge on any atom is -0.488 e. The fraction of sp³-hybridized carbons (Fsp3) is 0.556. The van der Waals surface area contributed by atoms with Gasteiger partial charge in [-0.25, -0.2) is 4.99 Å². The van der Waals surface area contributed by atoms with E-state index >= 15 is 0 Å². The van der Waals surface area contributed by atoms with Crippen LogP contribution >= 0.6 is 0 Å². The molecule has 6 heteroatoms. The van der Waals surface area contributed by atoms with Crippen LogP contribution in [-0.2, 0) is 16.0 Å². The fourth-order valence-electron chi connectivity index (χ4n) is 2.44. The molecule has 0 saturated carbocycles. The van der Waals surface area contributed by atoms with Gasteiger partial charge in [-0.05, 0) is 39.3 Å². The van der Waals surface area contributed by atoms with Gasteiger partial charge in [0.1, 0.15) is 24.0 Å². The van der Waals surface area contributed by atoms with Crippen molar-refractivity contribution in [2.24, 2.45) is 4.99 Å². The molecule has 0 aromatic heterocycles. The van der Waals surface area contributed by atoms with Gasteiger partial charge in [0.15, 0.2) is 5.96 Å². The Kier molecular flexibility index (Phi) is 6.06. The molecule has 2 rings (SSSR count). The average Bonchev–Trinajstić information content (AvgIpc) is 2.91. The van der Waals surface area contributed by atoms with Crippen LogP contribution in [-0.4, -0.2) is 43.3 Å². The highest BCUT2D eigenvalue weighted by atomic mass is 16.6. The molecule has 1 aliphatic rings. The van der Waals surface area contributed by atoms with E-state index in [1.165, 1.54) is 5.56 Å². The zero-order valence-electron chi connectivity index (χ0n) is 14.9. The summed E-state index contributed by atoms with van der Waals surface area (Å²) in [6, 6.07) is 8.06. The molecule has 6 nitrogen and oxygen atoms in total. The molecule has 0 spiro atoms. The maximum Gasteiger partial charge on any atom is 0.328 e. The summed E-state index contributed by atoms with van der Waals surface area (Å²) in [6.07, 6.45) is 0.932. The number of carbonyl (C=O) groups is 1. The van der Waals surface area contributed by atoms with Crippen molar-refractivity contribution in [3.63, 3.8) is 0 Å². The van der Waals surface area contributed by atoms with Gasteiger partial charge in [-0.1, -0.05) is 18.2 Å². The quantitative estimate of drug-likeness (QED) is 0.489. The van der Waals surface area contributed by atoms with E-state index in [0.717, 1.165) is 12.2 Å². The minimum atomic E-state index is -0.498. The highest BCUT2D eigenvalue weighted by Crippen LogP contribution is 2.27. The van der Waals surface area contributed by atoms with E-state index in [0.29, 0.717) is 19.0 Å². The van der Waals surface area contributed by atoms with Gasteiger partial charge in [0.2, 0.25) is 0 Å². The summed E-state index contributed by atoms with van der Waals surface area (Å²) < 4.78 is 11.2. The molecule has 1 heterocycles. The lowest BCUT2D eigenvalue weighted by molar-refractivity contribution is -0.152. The average molecular weight is 333 g/mol. The lowest BCUT2D eigenvalue weighted by Gasteiger charge is -2.19. The molecule has 0 radical (unpaired) electrons. The lowest BCUT2D eigenvalue weighted by atomic mass is 10.1. The number of carbonyl (C=O) groups excluding carboxylic acids is 1. The van der Waals surface area contributed by atoms with E-state index in [-0.39, 0.29) is 18.6 Å². The van der Waals surface area contributed by atoms with Crippen LogP contribution in [0, 0.1) is 0 Å². The van der Waals surface area contributed by atoms with Crippen LogP contribution in [0.2, 0.25) is 0 Å². The normalized spacial score (nSPS) is 17.0. The SMILES string of the molecule is CCNC(=NCC(=O)OC(C)(C)C)NCC1Cc2ccccc2O1. The zero-order valence-corrected chi connectivity index (χ0v) is 14.9. The Morgan fingerprint density at radius 1 is 1.33 bits per heavy atom. The monoisotopic (exact) mass is 333 g/mol. The summed E-state index contributed by atoms with van der Waals surface area (Å²) in [6.45, 7) is 8.82. The first-order chi connectivity index (χ1) is 11.4. The number of nitrogens with zero attached hydrogens (tertiary/aromatic N) is 1. The number of aliphatic imine (C=N–C) groups is 1. The highest BCUT2D eigenvalue weighted by Gasteiger charge is 2.22. The third kappa shape index (κ3) is 5.76. The predicted octanol–water partition coefficient (Wildman–Crippen LogP) is 1.89. The summed E-state index contributed by atoms with van der Waals surface area (Å²) in [5.74, 6) is 1.19. The molecule has 1 aromatic rings. The molecule has 0 fully saturated rings. The van der Waals surface area contributed by atoms with Gasteiger partial charge < -0.3 is 20.1 Å². The molecule has 1 aromatic carbocycles. The maximum atomic E-state index is 11.8. The van der Waals surface area contributed by atoms with Crippen LogP contribution in [0.25, 0.3) is 0 Å². The first kappa shape index (κ1) is 18.1. The lowest BCUT2D eigenvalue weighted by Crippen LogP contribution is -2.42. The van der Waals surface area contributed by atoms with Crippen LogP contribution < -0.4 is 15.4 Å². The van der Waals surface area contributed by atoms with Crippen molar-refractivity contribution >= 4 is 11.9 Å². The van der Waals surface area contributed by atoms with Gasteiger partial charge in [0.05, 0.1) is 6.54 Å². The molecule has 1 atom stereocenters.